The number of rotatable bonds is 8. The van der Waals surface area contributed by atoms with Crippen molar-refractivity contribution in [3.8, 4) is 0 Å². The number of hydrogen-bond acceptors (Lipinski definition) is 6. The number of hydrogen-bond donors (Lipinski definition) is 1. The van der Waals surface area contributed by atoms with Crippen molar-refractivity contribution in [2.45, 2.75) is 24.0 Å². The van der Waals surface area contributed by atoms with Crippen LogP contribution < -0.4 is 5.32 Å². The Morgan fingerprint density at radius 1 is 0.907 bits per heavy atom. The van der Waals surface area contributed by atoms with Crippen LogP contribution in [-0.4, -0.2) is 25.4 Å². The van der Waals surface area contributed by atoms with Gasteiger partial charge in [-0.3, -0.25) is 4.79 Å². The summed E-state index contributed by atoms with van der Waals surface area (Å²) in [5, 5.41) is 10.3. The Morgan fingerprint density at radius 3 is 2.44 bits per heavy atom. The number of aryl methyl sites for hydroxylation is 1. The SMILES string of the molecule is Cc1cc(Nc2ccc(C(=O)/C=C/c3ccc4ccccc4c3)cc2)n2nc(SCc3ccccc3C(F)(F)F)nc2n1. The van der Waals surface area contributed by atoms with Crippen LogP contribution in [0.1, 0.15) is 32.7 Å². The summed E-state index contributed by atoms with van der Waals surface area (Å²) < 4.78 is 41.7. The number of nitrogens with zero attached hydrogens (tertiary/aromatic N) is 4. The highest BCUT2D eigenvalue weighted by atomic mass is 32.2. The summed E-state index contributed by atoms with van der Waals surface area (Å²) in [7, 11) is 0. The van der Waals surface area contributed by atoms with Crippen molar-refractivity contribution in [2.24, 2.45) is 0 Å². The summed E-state index contributed by atoms with van der Waals surface area (Å²) >= 11 is 1.10. The molecule has 43 heavy (non-hydrogen) atoms. The molecule has 0 radical (unpaired) electrons. The van der Waals surface area contributed by atoms with Crippen LogP contribution in [0.3, 0.4) is 0 Å². The molecule has 0 spiro atoms. The predicted molar refractivity (Wildman–Crippen MR) is 164 cm³/mol. The zero-order valence-corrected chi connectivity index (χ0v) is 23.7. The first-order chi connectivity index (χ1) is 20.7. The lowest BCUT2D eigenvalue weighted by Crippen LogP contribution is -2.08. The summed E-state index contributed by atoms with van der Waals surface area (Å²) in [6.45, 7) is 1.82. The van der Waals surface area contributed by atoms with E-state index in [0.29, 0.717) is 33.7 Å². The molecule has 1 N–H and O–H groups in total. The number of allylic oxidation sites excluding steroid dienone is 1. The van der Waals surface area contributed by atoms with Gasteiger partial charge in [-0.05, 0) is 71.3 Å². The highest BCUT2D eigenvalue weighted by Crippen LogP contribution is 2.34. The van der Waals surface area contributed by atoms with Crippen molar-refractivity contribution in [3.05, 3.63) is 131 Å². The zero-order chi connectivity index (χ0) is 30.0. The molecule has 6 nitrogen and oxygen atoms in total. The van der Waals surface area contributed by atoms with Crippen molar-refractivity contribution in [3.63, 3.8) is 0 Å². The van der Waals surface area contributed by atoms with Crippen LogP contribution in [0, 0.1) is 6.92 Å². The summed E-state index contributed by atoms with van der Waals surface area (Å²) in [5.74, 6) is 0.832. The molecule has 0 saturated carbocycles. The second kappa shape index (κ2) is 11.7. The molecule has 0 bridgehead atoms. The number of carbonyl (C=O) groups is 1. The van der Waals surface area contributed by atoms with Crippen molar-refractivity contribution < 1.29 is 18.0 Å². The molecule has 6 rings (SSSR count). The van der Waals surface area contributed by atoms with Gasteiger partial charge in [0.25, 0.3) is 5.78 Å². The summed E-state index contributed by atoms with van der Waals surface area (Å²) in [5.41, 5.74) is 2.36. The fraction of sp³-hybridized carbons (Fsp3) is 0.0909. The van der Waals surface area contributed by atoms with E-state index in [-0.39, 0.29) is 17.1 Å². The second-order valence-electron chi connectivity index (χ2n) is 9.84. The van der Waals surface area contributed by atoms with E-state index < -0.39 is 11.7 Å². The molecular formula is C33H24F3N5OS. The van der Waals surface area contributed by atoms with Gasteiger partial charge in [0.05, 0.1) is 5.56 Å². The zero-order valence-electron chi connectivity index (χ0n) is 22.8. The largest absolute Gasteiger partial charge is 0.416 e. The van der Waals surface area contributed by atoms with E-state index in [4.69, 9.17) is 0 Å². The molecule has 0 fully saturated rings. The fourth-order valence-corrected chi connectivity index (χ4v) is 5.45. The number of benzene rings is 4. The molecule has 2 heterocycles. The first-order valence-corrected chi connectivity index (χ1v) is 14.3. The van der Waals surface area contributed by atoms with Gasteiger partial charge in [0, 0.05) is 28.8 Å². The first kappa shape index (κ1) is 28.2. The Balaban J connectivity index is 1.16. The van der Waals surface area contributed by atoms with E-state index >= 15 is 0 Å². The molecule has 0 saturated heterocycles. The molecule has 0 aliphatic carbocycles. The maximum Gasteiger partial charge on any atom is 0.416 e. The van der Waals surface area contributed by atoms with Crippen LogP contribution in [0.25, 0.3) is 22.6 Å². The lowest BCUT2D eigenvalue weighted by Gasteiger charge is -2.11. The minimum absolute atomic E-state index is 0.0547. The molecule has 0 atom stereocenters. The van der Waals surface area contributed by atoms with E-state index in [0.717, 1.165) is 34.2 Å². The topological polar surface area (TPSA) is 72.2 Å². The summed E-state index contributed by atoms with van der Waals surface area (Å²) in [6, 6.07) is 28.4. The van der Waals surface area contributed by atoms with Crippen LogP contribution in [0.5, 0.6) is 0 Å². The number of anilines is 2. The van der Waals surface area contributed by atoms with E-state index in [9.17, 15) is 18.0 Å². The predicted octanol–water partition coefficient (Wildman–Crippen LogP) is 8.54. The van der Waals surface area contributed by atoms with Gasteiger partial charge in [-0.2, -0.15) is 22.7 Å². The van der Waals surface area contributed by atoms with Crippen LogP contribution >= 0.6 is 11.8 Å². The molecule has 2 aromatic heterocycles. The fourth-order valence-electron chi connectivity index (χ4n) is 4.63. The smallest absolute Gasteiger partial charge is 0.340 e. The highest BCUT2D eigenvalue weighted by molar-refractivity contribution is 7.98. The molecule has 4 aromatic carbocycles. The van der Waals surface area contributed by atoms with E-state index in [1.165, 1.54) is 16.6 Å². The van der Waals surface area contributed by atoms with Gasteiger partial charge in [0.2, 0.25) is 5.16 Å². The lowest BCUT2D eigenvalue weighted by molar-refractivity contribution is -0.138. The van der Waals surface area contributed by atoms with Gasteiger partial charge in [-0.1, -0.05) is 72.4 Å². The van der Waals surface area contributed by atoms with E-state index in [1.54, 1.807) is 48.6 Å². The molecule has 0 unspecified atom stereocenters. The average Bonchev–Trinajstić information content (AvgIpc) is 3.42. The van der Waals surface area contributed by atoms with Crippen LogP contribution in [0.2, 0.25) is 0 Å². The minimum Gasteiger partial charge on any atom is -0.340 e. The number of halogens is 3. The molecule has 6 aromatic rings. The standard InChI is InChI=1S/C33H24F3N5OS/c1-21-18-30(41-31(37-21)39-32(40-41)43-20-26-8-4-5-9-28(26)33(34,35)36)38-27-15-13-24(14-16-27)29(42)17-11-22-10-12-23-6-2-3-7-25(23)19-22/h2-19,38H,20H2,1H3/b17-11+. The van der Waals surface area contributed by atoms with Crippen LogP contribution in [0.4, 0.5) is 24.7 Å². The van der Waals surface area contributed by atoms with Crippen molar-refractivity contribution in [1.82, 2.24) is 19.6 Å². The molecular weight excluding hydrogens is 571 g/mol. The average molecular weight is 596 g/mol. The van der Waals surface area contributed by atoms with Gasteiger partial charge < -0.3 is 5.32 Å². The van der Waals surface area contributed by atoms with Gasteiger partial charge >= 0.3 is 6.18 Å². The van der Waals surface area contributed by atoms with Gasteiger partial charge in [0.15, 0.2) is 5.78 Å². The Bertz CT molecular complexity index is 1980. The monoisotopic (exact) mass is 595 g/mol. The van der Waals surface area contributed by atoms with Gasteiger partial charge in [0.1, 0.15) is 5.82 Å². The Morgan fingerprint density at radius 2 is 1.65 bits per heavy atom. The summed E-state index contributed by atoms with van der Waals surface area (Å²) in [4.78, 5) is 21.6. The van der Waals surface area contributed by atoms with Gasteiger partial charge in [-0.15, -0.1) is 5.10 Å². The third kappa shape index (κ3) is 6.44. The second-order valence-corrected chi connectivity index (χ2v) is 10.8. The number of thioether (sulfide) groups is 1. The maximum absolute atomic E-state index is 13.4. The minimum atomic E-state index is -4.44. The number of aromatic nitrogens is 4. The normalized spacial score (nSPS) is 11.9. The third-order valence-electron chi connectivity index (χ3n) is 6.74. The maximum atomic E-state index is 13.4. The first-order valence-electron chi connectivity index (χ1n) is 13.3. The molecule has 214 valence electrons. The number of fused-ring (bicyclic) bond motifs is 2. The number of ketones is 1. The highest BCUT2D eigenvalue weighted by Gasteiger charge is 2.32. The van der Waals surface area contributed by atoms with Crippen molar-refractivity contribution in [2.75, 3.05) is 5.32 Å². The Kier molecular flexibility index (Phi) is 7.69. The van der Waals surface area contributed by atoms with Crippen molar-refractivity contribution in [1.29, 1.82) is 0 Å². The Hall–Kier alpha value is -4.96. The van der Waals surface area contributed by atoms with E-state index in [1.807, 2.05) is 49.4 Å². The number of carbonyl (C=O) groups excluding carboxylic acids is 1. The number of alkyl halides is 3. The quantitative estimate of drug-likeness (QED) is 0.108. The molecule has 0 amide bonds. The molecule has 0 aliphatic rings. The van der Waals surface area contributed by atoms with Crippen molar-refractivity contribution >= 4 is 51.7 Å². The van der Waals surface area contributed by atoms with E-state index in [2.05, 4.69) is 20.4 Å². The molecule has 10 heteroatoms. The van der Waals surface area contributed by atoms with Crippen LogP contribution in [-0.2, 0) is 11.9 Å². The van der Waals surface area contributed by atoms with Gasteiger partial charge in [-0.25, -0.2) is 4.98 Å². The molecule has 0 aliphatic heterocycles. The third-order valence-corrected chi connectivity index (χ3v) is 7.63. The summed E-state index contributed by atoms with van der Waals surface area (Å²) in [6.07, 6.45) is -1.07. The number of nitrogens with one attached hydrogen (secondary N) is 1. The Labute approximate surface area is 249 Å². The van der Waals surface area contributed by atoms with Crippen LogP contribution in [0.15, 0.2) is 108 Å². The lowest BCUT2D eigenvalue weighted by atomic mass is 10.1.